The maximum absolute atomic E-state index is 12.8. The van der Waals surface area contributed by atoms with Gasteiger partial charge in [0.1, 0.15) is 5.75 Å². The van der Waals surface area contributed by atoms with Crippen molar-refractivity contribution in [3.05, 3.63) is 89.3 Å². The summed E-state index contributed by atoms with van der Waals surface area (Å²) < 4.78 is 5.35. The standard InChI is InChI=1S/C21H10Cl5NO6/c22-15-14(16(23)18(25)19(26)17(15)24)11-8-10(27(31)32)6-7-12(11)33-21(30)13(20(28)29)9-4-2-1-3-5-9/h1-8,13H,(H,28,29). The highest BCUT2D eigenvalue weighted by Crippen LogP contribution is 2.50. The van der Waals surface area contributed by atoms with Gasteiger partial charge in [0.05, 0.1) is 30.0 Å². The molecule has 0 aliphatic rings. The first kappa shape index (κ1) is 25.1. The average Bonchev–Trinajstić information content (AvgIpc) is 2.78. The van der Waals surface area contributed by atoms with Crippen molar-refractivity contribution in [3.63, 3.8) is 0 Å². The number of aliphatic carboxylic acids is 1. The Morgan fingerprint density at radius 3 is 1.94 bits per heavy atom. The Bertz CT molecular complexity index is 1250. The van der Waals surface area contributed by atoms with Gasteiger partial charge in [-0.1, -0.05) is 88.3 Å². The number of non-ortho nitro benzene ring substituents is 1. The third kappa shape index (κ3) is 5.03. The Labute approximate surface area is 211 Å². The lowest BCUT2D eigenvalue weighted by atomic mass is 9.99. The van der Waals surface area contributed by atoms with Gasteiger partial charge >= 0.3 is 11.9 Å². The summed E-state index contributed by atoms with van der Waals surface area (Å²) >= 11 is 30.8. The van der Waals surface area contributed by atoms with Crippen molar-refractivity contribution in [1.29, 1.82) is 0 Å². The van der Waals surface area contributed by atoms with Crippen molar-refractivity contribution >= 4 is 75.6 Å². The number of carboxylic acids is 1. The molecule has 0 saturated carbocycles. The zero-order chi connectivity index (χ0) is 24.4. The maximum atomic E-state index is 12.8. The molecule has 0 aliphatic heterocycles. The molecule has 0 aliphatic carbocycles. The number of rotatable bonds is 6. The molecule has 3 aromatic rings. The van der Waals surface area contributed by atoms with Crippen LogP contribution in [-0.2, 0) is 9.59 Å². The molecule has 12 heteroatoms. The number of esters is 1. The van der Waals surface area contributed by atoms with E-state index in [0.29, 0.717) is 0 Å². The van der Waals surface area contributed by atoms with Crippen molar-refractivity contribution in [1.82, 2.24) is 0 Å². The lowest BCUT2D eigenvalue weighted by Gasteiger charge is -2.17. The second-order valence-corrected chi connectivity index (χ2v) is 8.38. The average molecular weight is 550 g/mol. The minimum Gasteiger partial charge on any atom is -0.480 e. The molecular weight excluding hydrogens is 539 g/mol. The molecule has 170 valence electrons. The summed E-state index contributed by atoms with van der Waals surface area (Å²) in [6, 6.07) is 10.9. The van der Waals surface area contributed by atoms with Gasteiger partial charge in [0.15, 0.2) is 5.92 Å². The van der Waals surface area contributed by atoms with Gasteiger partial charge < -0.3 is 9.84 Å². The second kappa shape index (κ2) is 10.2. The maximum Gasteiger partial charge on any atom is 0.330 e. The Balaban J connectivity index is 2.18. The fourth-order valence-electron chi connectivity index (χ4n) is 2.95. The predicted molar refractivity (Wildman–Crippen MR) is 126 cm³/mol. The summed E-state index contributed by atoms with van der Waals surface area (Å²) in [5.74, 6) is -4.53. The number of halogens is 5. The van der Waals surface area contributed by atoms with E-state index in [-0.39, 0.29) is 47.6 Å². The van der Waals surface area contributed by atoms with Gasteiger partial charge in [-0.2, -0.15) is 0 Å². The normalized spacial score (nSPS) is 11.7. The number of benzene rings is 3. The topological polar surface area (TPSA) is 107 Å². The number of nitro benzene ring substituents is 1. The monoisotopic (exact) mass is 547 g/mol. The number of carbonyl (C=O) groups excluding carboxylic acids is 1. The Hall–Kier alpha value is -2.55. The van der Waals surface area contributed by atoms with Crippen molar-refractivity contribution in [2.45, 2.75) is 5.92 Å². The van der Waals surface area contributed by atoms with E-state index in [4.69, 9.17) is 62.7 Å². The van der Waals surface area contributed by atoms with E-state index >= 15 is 0 Å². The van der Waals surface area contributed by atoms with Crippen molar-refractivity contribution in [2.24, 2.45) is 0 Å². The third-order valence-corrected chi connectivity index (χ3v) is 6.76. The zero-order valence-electron chi connectivity index (χ0n) is 16.0. The molecule has 1 atom stereocenters. The molecule has 0 fully saturated rings. The SMILES string of the molecule is O=C(O)C(C(=O)Oc1ccc([N+](=O)[O-])cc1-c1c(Cl)c(Cl)c(Cl)c(Cl)c1Cl)c1ccccc1. The zero-order valence-corrected chi connectivity index (χ0v) is 19.8. The van der Waals surface area contributed by atoms with E-state index in [0.717, 1.165) is 18.2 Å². The summed E-state index contributed by atoms with van der Waals surface area (Å²) in [5, 5.41) is 20.0. The summed E-state index contributed by atoms with van der Waals surface area (Å²) in [6.07, 6.45) is 0. The van der Waals surface area contributed by atoms with Crippen LogP contribution in [0, 0.1) is 10.1 Å². The van der Waals surface area contributed by atoms with Crippen LogP contribution in [0.4, 0.5) is 5.69 Å². The van der Waals surface area contributed by atoms with E-state index in [2.05, 4.69) is 0 Å². The predicted octanol–water partition coefficient (Wildman–Crippen LogP) is 7.30. The number of carboxylic acid groups (broad SMARTS) is 1. The fourth-order valence-corrected chi connectivity index (χ4v) is 4.29. The van der Waals surface area contributed by atoms with Crippen LogP contribution in [0.25, 0.3) is 11.1 Å². The van der Waals surface area contributed by atoms with Crippen LogP contribution in [-0.4, -0.2) is 22.0 Å². The van der Waals surface area contributed by atoms with E-state index < -0.39 is 28.5 Å². The number of nitrogens with zero attached hydrogens (tertiary/aromatic N) is 1. The molecule has 33 heavy (non-hydrogen) atoms. The second-order valence-electron chi connectivity index (χ2n) is 6.49. The van der Waals surface area contributed by atoms with Gasteiger partial charge in [0.25, 0.3) is 5.69 Å². The summed E-state index contributed by atoms with van der Waals surface area (Å²) in [7, 11) is 0. The molecule has 3 aromatic carbocycles. The van der Waals surface area contributed by atoms with Crippen LogP contribution in [0.2, 0.25) is 25.1 Å². The van der Waals surface area contributed by atoms with Gasteiger partial charge in [-0.3, -0.25) is 19.7 Å². The molecule has 1 unspecified atom stereocenters. The van der Waals surface area contributed by atoms with Gasteiger partial charge in [0, 0.05) is 23.3 Å². The van der Waals surface area contributed by atoms with E-state index in [1.54, 1.807) is 18.2 Å². The van der Waals surface area contributed by atoms with Crippen LogP contribution in [0.1, 0.15) is 11.5 Å². The minimum absolute atomic E-state index is 0.0872. The first-order valence-electron chi connectivity index (χ1n) is 8.84. The first-order chi connectivity index (χ1) is 15.5. The summed E-state index contributed by atoms with van der Waals surface area (Å²) in [4.78, 5) is 35.3. The van der Waals surface area contributed by atoms with E-state index in [9.17, 15) is 24.8 Å². The molecule has 0 heterocycles. The summed E-state index contributed by atoms with van der Waals surface area (Å²) in [5.41, 5.74) is -0.426. The van der Waals surface area contributed by atoms with Crippen molar-refractivity contribution in [3.8, 4) is 16.9 Å². The van der Waals surface area contributed by atoms with Gasteiger partial charge in [0.2, 0.25) is 0 Å². The van der Waals surface area contributed by atoms with E-state index in [1.165, 1.54) is 12.1 Å². The Kier molecular flexibility index (Phi) is 7.72. The van der Waals surface area contributed by atoms with Crippen LogP contribution >= 0.6 is 58.0 Å². The van der Waals surface area contributed by atoms with Gasteiger partial charge in [-0.05, 0) is 11.6 Å². The van der Waals surface area contributed by atoms with Crippen molar-refractivity contribution < 1.29 is 24.4 Å². The van der Waals surface area contributed by atoms with Crippen LogP contribution in [0.3, 0.4) is 0 Å². The quantitative estimate of drug-likeness (QED) is 0.0658. The van der Waals surface area contributed by atoms with E-state index in [1.807, 2.05) is 0 Å². The number of ether oxygens (including phenoxy) is 1. The van der Waals surface area contributed by atoms with Gasteiger partial charge in [-0.25, -0.2) is 0 Å². The highest BCUT2D eigenvalue weighted by Gasteiger charge is 2.32. The Morgan fingerprint density at radius 1 is 0.879 bits per heavy atom. The molecular formula is C21H10Cl5NO6. The van der Waals surface area contributed by atoms with Crippen LogP contribution in [0.15, 0.2) is 48.5 Å². The smallest absolute Gasteiger partial charge is 0.330 e. The lowest BCUT2D eigenvalue weighted by molar-refractivity contribution is -0.384. The lowest BCUT2D eigenvalue weighted by Crippen LogP contribution is -2.26. The van der Waals surface area contributed by atoms with Crippen LogP contribution < -0.4 is 4.74 Å². The molecule has 3 rings (SSSR count). The Morgan fingerprint density at radius 2 is 1.42 bits per heavy atom. The number of hydrogen-bond donors (Lipinski definition) is 1. The number of hydrogen-bond acceptors (Lipinski definition) is 5. The molecule has 1 N–H and O–H groups in total. The molecule has 0 aromatic heterocycles. The van der Waals surface area contributed by atoms with Gasteiger partial charge in [-0.15, -0.1) is 0 Å². The largest absolute Gasteiger partial charge is 0.480 e. The molecule has 0 amide bonds. The van der Waals surface area contributed by atoms with Crippen molar-refractivity contribution in [2.75, 3.05) is 0 Å². The minimum atomic E-state index is -1.67. The molecule has 0 saturated heterocycles. The first-order valence-corrected chi connectivity index (χ1v) is 10.7. The molecule has 7 nitrogen and oxygen atoms in total. The number of nitro groups is 1. The number of carbonyl (C=O) groups is 2. The third-order valence-electron chi connectivity index (χ3n) is 4.48. The summed E-state index contributed by atoms with van der Waals surface area (Å²) in [6.45, 7) is 0. The highest BCUT2D eigenvalue weighted by atomic mass is 35.5. The fraction of sp³-hybridized carbons (Fsp3) is 0.0476. The molecule has 0 spiro atoms. The molecule has 0 radical (unpaired) electrons. The van der Waals surface area contributed by atoms with Crippen LogP contribution in [0.5, 0.6) is 5.75 Å². The molecule has 0 bridgehead atoms. The highest BCUT2D eigenvalue weighted by molar-refractivity contribution is 6.56.